The molecule has 0 radical (unpaired) electrons. The minimum absolute atomic E-state index is 0.405. The van der Waals surface area contributed by atoms with Crippen molar-refractivity contribution >= 4 is 0 Å². The third-order valence-corrected chi connectivity index (χ3v) is 3.70. The van der Waals surface area contributed by atoms with Gasteiger partial charge in [-0.15, -0.1) is 0 Å². The van der Waals surface area contributed by atoms with Crippen LogP contribution in [0.1, 0.15) is 38.3 Å². The highest BCUT2D eigenvalue weighted by molar-refractivity contribution is 5.13. The number of nitrogens with zero attached hydrogens (tertiary/aromatic N) is 2. The van der Waals surface area contributed by atoms with Crippen LogP contribution in [0.2, 0.25) is 0 Å². The van der Waals surface area contributed by atoms with Gasteiger partial charge in [0.05, 0.1) is 0 Å². The monoisotopic (exact) mass is 233 g/mol. The highest BCUT2D eigenvalue weighted by atomic mass is 15.1. The van der Waals surface area contributed by atoms with Crippen LogP contribution in [0, 0.1) is 0 Å². The number of hydrogen-bond donors (Lipinski definition) is 1. The summed E-state index contributed by atoms with van der Waals surface area (Å²) in [7, 11) is 0. The van der Waals surface area contributed by atoms with Gasteiger partial charge >= 0.3 is 0 Å². The summed E-state index contributed by atoms with van der Waals surface area (Å²) in [5.41, 5.74) is 1.28. The zero-order chi connectivity index (χ0) is 12.1. The molecule has 0 aromatic carbocycles. The van der Waals surface area contributed by atoms with Gasteiger partial charge < -0.3 is 10.2 Å². The fraction of sp³-hybridized carbons (Fsp3) is 0.643. The summed E-state index contributed by atoms with van der Waals surface area (Å²) in [6.45, 7) is 8.11. The molecule has 1 aromatic heterocycles. The average Bonchev–Trinajstić information content (AvgIpc) is 2.40. The van der Waals surface area contributed by atoms with Crippen molar-refractivity contribution in [1.82, 2.24) is 15.2 Å². The summed E-state index contributed by atoms with van der Waals surface area (Å²) in [6.07, 6.45) is 6.31. The maximum Gasteiger partial charge on any atom is 0.0315 e. The quantitative estimate of drug-likeness (QED) is 0.864. The van der Waals surface area contributed by atoms with Crippen molar-refractivity contribution in [3.8, 4) is 0 Å². The van der Waals surface area contributed by atoms with Gasteiger partial charge in [-0.05, 0) is 51.0 Å². The molecule has 1 aliphatic heterocycles. The van der Waals surface area contributed by atoms with Crippen LogP contribution in [0.3, 0.4) is 0 Å². The van der Waals surface area contributed by atoms with Crippen LogP contribution in [0.15, 0.2) is 24.5 Å². The predicted octanol–water partition coefficient (Wildman–Crippen LogP) is 2.22. The van der Waals surface area contributed by atoms with Gasteiger partial charge in [0.2, 0.25) is 0 Å². The Kier molecular flexibility index (Phi) is 4.51. The van der Waals surface area contributed by atoms with Gasteiger partial charge in [-0.2, -0.15) is 0 Å². The van der Waals surface area contributed by atoms with E-state index in [1.54, 1.807) is 0 Å². The number of rotatable bonds is 4. The second kappa shape index (κ2) is 6.12. The molecule has 0 saturated carbocycles. The molecule has 2 heterocycles. The molecule has 0 amide bonds. The Morgan fingerprint density at radius 1 is 1.47 bits per heavy atom. The number of piperidine rings is 1. The first-order chi connectivity index (χ1) is 8.29. The molecule has 1 unspecified atom stereocenters. The lowest BCUT2D eigenvalue weighted by atomic mass is 10.0. The van der Waals surface area contributed by atoms with Gasteiger partial charge in [0, 0.05) is 24.5 Å². The average molecular weight is 233 g/mol. The zero-order valence-electron chi connectivity index (χ0n) is 10.9. The lowest BCUT2D eigenvalue weighted by molar-refractivity contribution is 0.200. The minimum Gasteiger partial charge on any atom is -0.307 e. The van der Waals surface area contributed by atoms with Crippen LogP contribution in [0.4, 0.5) is 0 Å². The maximum absolute atomic E-state index is 4.18. The Hall–Kier alpha value is -0.930. The summed E-state index contributed by atoms with van der Waals surface area (Å²) >= 11 is 0. The van der Waals surface area contributed by atoms with E-state index in [0.29, 0.717) is 12.1 Å². The van der Waals surface area contributed by atoms with Crippen LogP contribution in [0.5, 0.6) is 0 Å². The van der Waals surface area contributed by atoms with Gasteiger partial charge in [-0.1, -0.05) is 13.0 Å². The Morgan fingerprint density at radius 2 is 2.24 bits per heavy atom. The van der Waals surface area contributed by atoms with Crippen molar-refractivity contribution < 1.29 is 0 Å². The molecule has 17 heavy (non-hydrogen) atoms. The largest absolute Gasteiger partial charge is 0.307 e. The second-order valence-electron chi connectivity index (χ2n) is 4.88. The van der Waals surface area contributed by atoms with Gasteiger partial charge in [-0.3, -0.25) is 4.98 Å². The number of aromatic nitrogens is 1. The van der Waals surface area contributed by atoms with E-state index in [4.69, 9.17) is 0 Å². The van der Waals surface area contributed by atoms with Gasteiger partial charge in [-0.25, -0.2) is 0 Å². The summed E-state index contributed by atoms with van der Waals surface area (Å²) in [4.78, 5) is 6.70. The molecule has 2 rings (SSSR count). The summed E-state index contributed by atoms with van der Waals surface area (Å²) in [6, 6.07) is 5.22. The summed E-state index contributed by atoms with van der Waals surface area (Å²) < 4.78 is 0. The van der Waals surface area contributed by atoms with E-state index >= 15 is 0 Å². The molecule has 1 atom stereocenters. The smallest absolute Gasteiger partial charge is 0.0315 e. The molecule has 94 valence electrons. The molecule has 0 bridgehead atoms. The summed E-state index contributed by atoms with van der Waals surface area (Å²) in [5, 5.41) is 3.71. The minimum atomic E-state index is 0.405. The Balaban J connectivity index is 1.82. The van der Waals surface area contributed by atoms with Crippen molar-refractivity contribution in [3.05, 3.63) is 30.1 Å². The van der Waals surface area contributed by atoms with Crippen LogP contribution >= 0.6 is 0 Å². The molecular formula is C14H23N3. The Labute approximate surface area is 104 Å². The lowest BCUT2D eigenvalue weighted by Crippen LogP contribution is -2.43. The molecule has 0 aliphatic carbocycles. The highest BCUT2D eigenvalue weighted by Gasteiger charge is 2.19. The fourth-order valence-corrected chi connectivity index (χ4v) is 2.50. The SMILES string of the molecule is CCN1CCC(NC(C)c2cccnc2)CC1. The van der Waals surface area contributed by atoms with E-state index in [2.05, 4.69) is 35.1 Å². The van der Waals surface area contributed by atoms with E-state index < -0.39 is 0 Å². The van der Waals surface area contributed by atoms with Crippen molar-refractivity contribution in [3.63, 3.8) is 0 Å². The third kappa shape index (κ3) is 3.51. The first-order valence-electron chi connectivity index (χ1n) is 6.68. The van der Waals surface area contributed by atoms with Gasteiger partial charge in [0.1, 0.15) is 0 Å². The fourth-order valence-electron chi connectivity index (χ4n) is 2.50. The van der Waals surface area contributed by atoms with Crippen molar-refractivity contribution in [2.75, 3.05) is 19.6 Å². The van der Waals surface area contributed by atoms with Crippen LogP contribution in [-0.2, 0) is 0 Å². The van der Waals surface area contributed by atoms with Crippen LogP contribution < -0.4 is 5.32 Å². The number of hydrogen-bond acceptors (Lipinski definition) is 3. The molecule has 1 N–H and O–H groups in total. The van der Waals surface area contributed by atoms with Crippen LogP contribution in [-0.4, -0.2) is 35.6 Å². The first kappa shape index (κ1) is 12.5. The van der Waals surface area contributed by atoms with E-state index in [1.807, 2.05) is 18.5 Å². The molecule has 3 heteroatoms. The molecule has 1 aliphatic rings. The van der Waals surface area contributed by atoms with E-state index in [-0.39, 0.29) is 0 Å². The van der Waals surface area contributed by atoms with Crippen molar-refractivity contribution in [2.45, 2.75) is 38.8 Å². The van der Waals surface area contributed by atoms with Crippen LogP contribution in [0.25, 0.3) is 0 Å². The van der Waals surface area contributed by atoms with Gasteiger partial charge in [0.15, 0.2) is 0 Å². The molecule has 3 nitrogen and oxygen atoms in total. The first-order valence-corrected chi connectivity index (χ1v) is 6.68. The molecule has 0 spiro atoms. The zero-order valence-corrected chi connectivity index (χ0v) is 10.9. The summed E-state index contributed by atoms with van der Waals surface area (Å²) in [5.74, 6) is 0. The Bertz CT molecular complexity index is 317. The number of nitrogens with one attached hydrogen (secondary N) is 1. The number of likely N-dealkylation sites (tertiary alicyclic amines) is 1. The Morgan fingerprint density at radius 3 is 2.82 bits per heavy atom. The molecule has 1 fully saturated rings. The van der Waals surface area contributed by atoms with E-state index in [1.165, 1.54) is 38.0 Å². The topological polar surface area (TPSA) is 28.2 Å². The standard InChI is InChI=1S/C14H23N3/c1-3-17-9-6-14(7-10-17)16-12(2)13-5-4-8-15-11-13/h4-5,8,11-12,14,16H,3,6-7,9-10H2,1-2H3. The second-order valence-corrected chi connectivity index (χ2v) is 4.88. The lowest BCUT2D eigenvalue weighted by Gasteiger charge is -2.33. The highest BCUT2D eigenvalue weighted by Crippen LogP contribution is 2.16. The normalized spacial score (nSPS) is 20.4. The third-order valence-electron chi connectivity index (χ3n) is 3.70. The van der Waals surface area contributed by atoms with E-state index in [9.17, 15) is 0 Å². The molecular weight excluding hydrogens is 210 g/mol. The molecule has 1 aromatic rings. The number of pyridine rings is 1. The molecule has 1 saturated heterocycles. The predicted molar refractivity (Wildman–Crippen MR) is 70.9 cm³/mol. The van der Waals surface area contributed by atoms with Crippen molar-refractivity contribution in [2.24, 2.45) is 0 Å². The van der Waals surface area contributed by atoms with E-state index in [0.717, 1.165) is 0 Å². The van der Waals surface area contributed by atoms with Crippen molar-refractivity contribution in [1.29, 1.82) is 0 Å². The maximum atomic E-state index is 4.18. The van der Waals surface area contributed by atoms with Gasteiger partial charge in [0.25, 0.3) is 0 Å².